The average Bonchev–Trinajstić information content (AvgIpc) is 3.02. The van der Waals surface area contributed by atoms with Crippen LogP contribution in [0.5, 0.6) is 0 Å². The normalized spacial score (nSPS) is 14.4. The lowest BCUT2D eigenvalue weighted by molar-refractivity contribution is -0.120. The van der Waals surface area contributed by atoms with Crippen LogP contribution < -0.4 is 16.2 Å². The minimum Gasteiger partial charge on any atom is -0.355 e. The molecule has 9 heteroatoms. The van der Waals surface area contributed by atoms with Crippen molar-refractivity contribution in [3.05, 3.63) is 26.6 Å². The maximum Gasteiger partial charge on any atom is 0.259 e. The first-order valence-electron chi connectivity index (χ1n) is 9.13. The van der Waals surface area contributed by atoms with Gasteiger partial charge in [0.05, 0.1) is 11.1 Å². The molecule has 2 aromatic rings. The average molecular weight is 431 g/mol. The van der Waals surface area contributed by atoms with Gasteiger partial charge in [-0.3, -0.25) is 9.59 Å². The summed E-state index contributed by atoms with van der Waals surface area (Å²) in [5.41, 5.74) is 1.21. The Bertz CT molecular complexity index is 837. The van der Waals surface area contributed by atoms with Gasteiger partial charge in [-0.15, -0.1) is 23.7 Å². The maximum atomic E-state index is 12.5. The summed E-state index contributed by atoms with van der Waals surface area (Å²) < 4.78 is 0. The number of nitrogens with zero attached hydrogens (tertiary/aromatic N) is 1. The van der Waals surface area contributed by atoms with Crippen molar-refractivity contribution in [2.24, 2.45) is 0 Å². The molecule has 0 radical (unpaired) electrons. The summed E-state index contributed by atoms with van der Waals surface area (Å²) in [4.78, 5) is 34.1. The van der Waals surface area contributed by atoms with Crippen molar-refractivity contribution in [1.29, 1.82) is 0 Å². The minimum atomic E-state index is -0.0104. The smallest absolute Gasteiger partial charge is 0.259 e. The van der Waals surface area contributed by atoms with E-state index < -0.39 is 0 Å². The van der Waals surface area contributed by atoms with Gasteiger partial charge in [0, 0.05) is 29.6 Å². The molecule has 0 spiro atoms. The molecule has 1 atom stereocenters. The second-order valence-corrected chi connectivity index (χ2v) is 8.89. The number of thioether (sulfide) groups is 1. The number of carbonyl (C=O) groups is 1. The van der Waals surface area contributed by atoms with Crippen molar-refractivity contribution in [3.8, 4) is 0 Å². The highest BCUT2D eigenvalue weighted by molar-refractivity contribution is 7.98. The molecular formula is C18H27ClN4O2S2. The van der Waals surface area contributed by atoms with Crippen molar-refractivity contribution in [1.82, 2.24) is 20.6 Å². The molecule has 0 aliphatic heterocycles. The van der Waals surface area contributed by atoms with E-state index in [-0.39, 0.29) is 29.9 Å². The molecule has 1 aliphatic rings. The van der Waals surface area contributed by atoms with Crippen molar-refractivity contribution >= 4 is 51.6 Å². The Labute approximate surface area is 173 Å². The highest BCUT2D eigenvalue weighted by Crippen LogP contribution is 2.33. The summed E-state index contributed by atoms with van der Waals surface area (Å²) >= 11 is 3.30. The number of amides is 1. The Balaban J connectivity index is 0.00000261. The lowest BCUT2D eigenvalue weighted by Gasteiger charge is -2.11. The number of thiophene rings is 1. The molecule has 150 valence electrons. The molecule has 2 heterocycles. The van der Waals surface area contributed by atoms with Crippen LogP contribution in [0.1, 0.15) is 42.5 Å². The van der Waals surface area contributed by atoms with Crippen LogP contribution in [0.25, 0.3) is 10.2 Å². The third-order valence-corrected chi connectivity index (χ3v) is 6.84. The zero-order valence-corrected chi connectivity index (χ0v) is 18.2. The Morgan fingerprint density at radius 3 is 2.93 bits per heavy atom. The van der Waals surface area contributed by atoms with E-state index in [1.165, 1.54) is 16.9 Å². The summed E-state index contributed by atoms with van der Waals surface area (Å²) in [6.07, 6.45) is 4.90. The topological polar surface area (TPSA) is 86.9 Å². The first kappa shape index (κ1) is 22.2. The van der Waals surface area contributed by atoms with E-state index in [1.807, 2.05) is 14.0 Å². The Morgan fingerprint density at radius 1 is 1.37 bits per heavy atom. The first-order valence-corrected chi connectivity index (χ1v) is 11.1. The largest absolute Gasteiger partial charge is 0.355 e. The summed E-state index contributed by atoms with van der Waals surface area (Å²) in [5.74, 6) is 2.09. The fraction of sp³-hybridized carbons (Fsp3) is 0.611. The van der Waals surface area contributed by atoms with Crippen molar-refractivity contribution in [2.75, 3.05) is 19.3 Å². The summed E-state index contributed by atoms with van der Waals surface area (Å²) in [7, 11) is 1.88. The van der Waals surface area contributed by atoms with E-state index in [9.17, 15) is 9.59 Å². The number of likely N-dealkylation sites (N-methyl/N-ethyl adjacent to an activating group) is 1. The number of rotatable bonds is 8. The van der Waals surface area contributed by atoms with Gasteiger partial charge >= 0.3 is 0 Å². The zero-order chi connectivity index (χ0) is 18.5. The van der Waals surface area contributed by atoms with Gasteiger partial charge in [0.25, 0.3) is 5.56 Å². The molecule has 6 nitrogen and oxygen atoms in total. The predicted molar refractivity (Wildman–Crippen MR) is 116 cm³/mol. The molecule has 1 amide bonds. The lowest BCUT2D eigenvalue weighted by atomic mass is 9.97. The monoisotopic (exact) mass is 430 g/mol. The molecular weight excluding hydrogens is 404 g/mol. The number of aryl methyl sites for hydroxylation is 2. The SMILES string of the molecule is CNC(C)CNC(=O)CCSCc1nc2sc3c(c2c(=O)[nH]1)CCCC3.Cl. The number of hydrogen-bond acceptors (Lipinski definition) is 6. The number of nitrogens with one attached hydrogen (secondary N) is 3. The molecule has 3 N–H and O–H groups in total. The highest BCUT2D eigenvalue weighted by Gasteiger charge is 2.19. The lowest BCUT2D eigenvalue weighted by Crippen LogP contribution is -2.37. The maximum absolute atomic E-state index is 12.5. The van der Waals surface area contributed by atoms with Gasteiger partial charge in [-0.1, -0.05) is 0 Å². The molecule has 2 aromatic heterocycles. The van der Waals surface area contributed by atoms with Crippen molar-refractivity contribution < 1.29 is 4.79 Å². The van der Waals surface area contributed by atoms with Crippen molar-refractivity contribution in [3.63, 3.8) is 0 Å². The number of hydrogen-bond donors (Lipinski definition) is 3. The van der Waals surface area contributed by atoms with Crippen LogP contribution in [0.15, 0.2) is 4.79 Å². The number of fused-ring (bicyclic) bond motifs is 3. The summed E-state index contributed by atoms with van der Waals surface area (Å²) in [5, 5.41) is 6.79. The molecule has 27 heavy (non-hydrogen) atoms. The zero-order valence-electron chi connectivity index (χ0n) is 15.7. The Hall–Kier alpha value is -1.09. The predicted octanol–water partition coefficient (Wildman–Crippen LogP) is 2.63. The third kappa shape index (κ3) is 5.70. The minimum absolute atomic E-state index is 0. The quantitative estimate of drug-likeness (QED) is 0.560. The van der Waals surface area contributed by atoms with Crippen LogP contribution in [0.2, 0.25) is 0 Å². The van der Waals surface area contributed by atoms with Crippen LogP contribution >= 0.6 is 35.5 Å². The molecule has 0 bridgehead atoms. The fourth-order valence-corrected chi connectivity index (χ4v) is 5.15. The molecule has 1 unspecified atom stereocenters. The van der Waals surface area contributed by atoms with E-state index in [4.69, 9.17) is 0 Å². The number of carbonyl (C=O) groups excluding carboxylic acids is 1. The van der Waals surface area contributed by atoms with Gasteiger partial charge in [0.15, 0.2) is 0 Å². The fourth-order valence-electron chi connectivity index (χ4n) is 3.07. The van der Waals surface area contributed by atoms with Crippen molar-refractivity contribution in [2.45, 2.75) is 50.8 Å². The number of halogens is 1. The Morgan fingerprint density at radius 2 is 2.15 bits per heavy atom. The van der Waals surface area contributed by atoms with Gasteiger partial charge < -0.3 is 15.6 Å². The third-order valence-electron chi connectivity index (χ3n) is 4.68. The standard InChI is InChI=1S/C18H26N4O2S2.ClH/c1-11(19-2)9-20-15(23)7-8-25-10-14-21-17(24)16-12-5-3-4-6-13(12)26-18(16)22-14;/h11,19H,3-10H2,1-2H3,(H,20,23)(H,21,22,24);1H. The first-order chi connectivity index (χ1) is 12.6. The number of aromatic amines is 1. The van der Waals surface area contributed by atoms with E-state index in [0.29, 0.717) is 30.3 Å². The van der Waals surface area contributed by atoms with Crippen LogP contribution in [0.4, 0.5) is 0 Å². The summed E-state index contributed by atoms with van der Waals surface area (Å²) in [6, 6.07) is 0.268. The molecule has 3 rings (SSSR count). The van der Waals surface area contributed by atoms with E-state index >= 15 is 0 Å². The molecule has 1 aliphatic carbocycles. The summed E-state index contributed by atoms with van der Waals surface area (Å²) in [6.45, 7) is 2.66. The molecule has 0 aromatic carbocycles. The molecule has 0 saturated heterocycles. The van der Waals surface area contributed by atoms with Gasteiger partial charge in [-0.05, 0) is 45.2 Å². The van der Waals surface area contributed by atoms with Crippen LogP contribution in [-0.2, 0) is 23.4 Å². The van der Waals surface area contributed by atoms with Crippen LogP contribution in [0.3, 0.4) is 0 Å². The van der Waals surface area contributed by atoms with E-state index in [2.05, 4.69) is 20.6 Å². The number of H-pyrrole nitrogens is 1. The van der Waals surface area contributed by atoms with Gasteiger partial charge in [-0.2, -0.15) is 11.8 Å². The second-order valence-electron chi connectivity index (χ2n) is 6.70. The van der Waals surface area contributed by atoms with Gasteiger partial charge in [0.1, 0.15) is 10.7 Å². The van der Waals surface area contributed by atoms with Gasteiger partial charge in [0.2, 0.25) is 5.91 Å². The number of aromatic nitrogens is 2. The molecule has 0 saturated carbocycles. The highest BCUT2D eigenvalue weighted by atomic mass is 35.5. The van der Waals surface area contributed by atoms with Gasteiger partial charge in [-0.25, -0.2) is 4.98 Å². The van der Waals surface area contributed by atoms with E-state index in [1.54, 1.807) is 23.1 Å². The van der Waals surface area contributed by atoms with Crippen LogP contribution in [-0.4, -0.2) is 41.3 Å². The van der Waals surface area contributed by atoms with E-state index in [0.717, 1.165) is 29.5 Å². The second kappa shape index (κ2) is 10.5. The Kier molecular flexibility index (Phi) is 8.60. The molecule has 0 fully saturated rings. The van der Waals surface area contributed by atoms with Crippen LogP contribution in [0, 0.1) is 0 Å².